The van der Waals surface area contributed by atoms with Gasteiger partial charge in [0, 0.05) is 15.0 Å². The van der Waals surface area contributed by atoms with Crippen molar-refractivity contribution >= 4 is 47.6 Å². The summed E-state index contributed by atoms with van der Waals surface area (Å²) >= 11 is 6.81. The molecule has 2 rings (SSSR count). The molecule has 1 aromatic rings. The van der Waals surface area contributed by atoms with Crippen LogP contribution in [-0.4, -0.2) is 26.8 Å². The summed E-state index contributed by atoms with van der Waals surface area (Å²) in [4.78, 5) is 0. The molecule has 0 amide bonds. The Kier molecular flexibility index (Phi) is 5.50. The van der Waals surface area contributed by atoms with Crippen LogP contribution in [0.3, 0.4) is 0 Å². The van der Waals surface area contributed by atoms with Crippen molar-refractivity contribution in [1.29, 1.82) is 0 Å². The molecule has 0 aliphatic carbocycles. The second kappa shape index (κ2) is 6.77. The van der Waals surface area contributed by atoms with Crippen LogP contribution in [0.15, 0.2) is 21.1 Å². The number of anilines is 1. The third-order valence-electron chi connectivity index (χ3n) is 3.28. The highest BCUT2D eigenvalue weighted by molar-refractivity contribution is 9.11. The van der Waals surface area contributed by atoms with Crippen molar-refractivity contribution in [1.82, 2.24) is 5.32 Å². The molecule has 1 aromatic carbocycles. The SMILES string of the molecule is Cc1cc(Br)c(NS(=O)(=O)CC2CCCCN2)c(Br)c1. The highest BCUT2D eigenvalue weighted by atomic mass is 79.9. The lowest BCUT2D eigenvalue weighted by Gasteiger charge is -2.23. The maximum Gasteiger partial charge on any atom is 0.234 e. The molecule has 2 N–H and O–H groups in total. The van der Waals surface area contributed by atoms with Crippen molar-refractivity contribution in [3.8, 4) is 0 Å². The van der Waals surface area contributed by atoms with E-state index in [2.05, 4.69) is 41.9 Å². The Bertz CT molecular complexity index is 561. The highest BCUT2D eigenvalue weighted by Gasteiger charge is 2.22. The minimum Gasteiger partial charge on any atom is -0.313 e. The first-order chi connectivity index (χ1) is 9.37. The fraction of sp³-hybridized carbons (Fsp3) is 0.538. The van der Waals surface area contributed by atoms with Crippen molar-refractivity contribution in [3.63, 3.8) is 0 Å². The minimum absolute atomic E-state index is 0.0456. The summed E-state index contributed by atoms with van der Waals surface area (Å²) in [6.45, 7) is 2.86. The van der Waals surface area contributed by atoms with Gasteiger partial charge in [-0.3, -0.25) is 4.72 Å². The van der Waals surface area contributed by atoms with E-state index in [0.717, 1.165) is 40.3 Å². The maximum atomic E-state index is 12.3. The number of piperidine rings is 1. The highest BCUT2D eigenvalue weighted by Crippen LogP contribution is 2.33. The summed E-state index contributed by atoms with van der Waals surface area (Å²) in [6.07, 6.45) is 3.13. The first-order valence-electron chi connectivity index (χ1n) is 6.57. The van der Waals surface area contributed by atoms with Gasteiger partial charge in [-0.15, -0.1) is 0 Å². The predicted octanol–water partition coefficient (Wildman–Crippen LogP) is 3.40. The first-order valence-corrected chi connectivity index (χ1v) is 9.81. The molecule has 0 bridgehead atoms. The number of hydrogen-bond donors (Lipinski definition) is 2. The van der Waals surface area contributed by atoms with Gasteiger partial charge in [0.1, 0.15) is 0 Å². The lowest BCUT2D eigenvalue weighted by molar-refractivity contribution is 0.424. The molecule has 1 atom stereocenters. The molecule has 1 unspecified atom stereocenters. The van der Waals surface area contributed by atoms with Crippen molar-refractivity contribution in [2.45, 2.75) is 32.2 Å². The van der Waals surface area contributed by atoms with E-state index in [-0.39, 0.29) is 11.8 Å². The zero-order chi connectivity index (χ0) is 14.8. The molecule has 1 aliphatic heterocycles. The molecule has 1 heterocycles. The van der Waals surface area contributed by atoms with Crippen LogP contribution in [0.25, 0.3) is 0 Å². The molecule has 0 saturated carbocycles. The van der Waals surface area contributed by atoms with Crippen LogP contribution in [-0.2, 0) is 10.0 Å². The van der Waals surface area contributed by atoms with Gasteiger partial charge in [0.25, 0.3) is 0 Å². The Hall–Kier alpha value is -0.110. The van der Waals surface area contributed by atoms with Gasteiger partial charge >= 0.3 is 0 Å². The molecule has 0 radical (unpaired) electrons. The summed E-state index contributed by atoms with van der Waals surface area (Å²) in [7, 11) is -3.36. The Balaban J connectivity index is 2.11. The van der Waals surface area contributed by atoms with Crippen molar-refractivity contribution in [2.75, 3.05) is 17.0 Å². The van der Waals surface area contributed by atoms with Crippen LogP contribution in [0.2, 0.25) is 0 Å². The minimum atomic E-state index is -3.36. The van der Waals surface area contributed by atoms with Gasteiger partial charge in [0.15, 0.2) is 0 Å². The quantitative estimate of drug-likeness (QED) is 0.776. The smallest absolute Gasteiger partial charge is 0.234 e. The first kappa shape index (κ1) is 16.3. The molecule has 4 nitrogen and oxygen atoms in total. The fourth-order valence-electron chi connectivity index (χ4n) is 2.33. The third kappa shape index (κ3) is 4.44. The number of benzene rings is 1. The van der Waals surface area contributed by atoms with Gasteiger partial charge in [-0.1, -0.05) is 6.42 Å². The van der Waals surface area contributed by atoms with Crippen LogP contribution in [0, 0.1) is 6.92 Å². The van der Waals surface area contributed by atoms with E-state index in [1.807, 2.05) is 19.1 Å². The average molecular weight is 426 g/mol. The van der Waals surface area contributed by atoms with Gasteiger partial charge < -0.3 is 5.32 Å². The lowest BCUT2D eigenvalue weighted by Crippen LogP contribution is -2.40. The van der Waals surface area contributed by atoms with Crippen LogP contribution in [0.1, 0.15) is 24.8 Å². The Morgan fingerprint density at radius 2 is 1.95 bits per heavy atom. The maximum absolute atomic E-state index is 12.3. The number of sulfonamides is 1. The monoisotopic (exact) mass is 424 g/mol. The Labute approximate surface area is 137 Å². The Morgan fingerprint density at radius 3 is 2.50 bits per heavy atom. The van der Waals surface area contributed by atoms with Gasteiger partial charge in [-0.05, 0) is 75.9 Å². The van der Waals surface area contributed by atoms with Crippen molar-refractivity contribution in [2.24, 2.45) is 0 Å². The van der Waals surface area contributed by atoms with E-state index < -0.39 is 10.0 Å². The average Bonchev–Trinajstić information content (AvgIpc) is 2.34. The van der Waals surface area contributed by atoms with Crippen molar-refractivity contribution in [3.05, 3.63) is 26.6 Å². The number of rotatable bonds is 4. The number of nitrogens with one attached hydrogen (secondary N) is 2. The second-order valence-corrected chi connectivity index (χ2v) is 8.61. The van der Waals surface area contributed by atoms with E-state index in [4.69, 9.17) is 0 Å². The summed E-state index contributed by atoms with van der Waals surface area (Å²) in [5.74, 6) is 0.111. The van der Waals surface area contributed by atoms with Gasteiger partial charge in [0.2, 0.25) is 10.0 Å². The summed E-state index contributed by atoms with van der Waals surface area (Å²) < 4.78 is 28.7. The summed E-state index contributed by atoms with van der Waals surface area (Å²) in [5, 5.41) is 3.26. The van der Waals surface area contributed by atoms with Gasteiger partial charge in [-0.25, -0.2) is 8.42 Å². The number of hydrogen-bond acceptors (Lipinski definition) is 3. The van der Waals surface area contributed by atoms with E-state index in [9.17, 15) is 8.42 Å². The number of halogens is 2. The Morgan fingerprint density at radius 1 is 1.30 bits per heavy atom. The molecular formula is C13H18Br2N2O2S. The van der Waals surface area contributed by atoms with Crippen LogP contribution < -0.4 is 10.0 Å². The molecule has 1 saturated heterocycles. The molecule has 112 valence electrons. The van der Waals surface area contributed by atoms with Gasteiger partial charge in [0.05, 0.1) is 11.4 Å². The second-order valence-electron chi connectivity index (χ2n) is 5.13. The molecule has 20 heavy (non-hydrogen) atoms. The zero-order valence-corrected chi connectivity index (χ0v) is 15.2. The largest absolute Gasteiger partial charge is 0.313 e. The standard InChI is InChI=1S/C13H18Br2N2O2S/c1-9-6-11(14)13(12(15)7-9)17-20(18,19)8-10-4-2-3-5-16-10/h6-7,10,16-17H,2-5,8H2,1H3. The van der Waals surface area contributed by atoms with E-state index >= 15 is 0 Å². The predicted molar refractivity (Wildman–Crippen MR) is 89.6 cm³/mol. The lowest BCUT2D eigenvalue weighted by atomic mass is 10.1. The molecule has 0 spiro atoms. The fourth-order valence-corrected chi connectivity index (χ4v) is 5.63. The topological polar surface area (TPSA) is 58.2 Å². The van der Waals surface area contributed by atoms with Gasteiger partial charge in [-0.2, -0.15) is 0 Å². The van der Waals surface area contributed by atoms with Crippen LogP contribution in [0.4, 0.5) is 5.69 Å². The normalized spacial score (nSPS) is 19.9. The molecule has 1 aliphatic rings. The molecule has 1 fully saturated rings. The molecule has 0 aromatic heterocycles. The van der Waals surface area contributed by atoms with E-state index in [0.29, 0.717) is 5.69 Å². The molecule has 7 heteroatoms. The van der Waals surface area contributed by atoms with Crippen LogP contribution >= 0.6 is 31.9 Å². The summed E-state index contributed by atoms with van der Waals surface area (Å²) in [5.41, 5.74) is 1.62. The van der Waals surface area contributed by atoms with E-state index in [1.54, 1.807) is 0 Å². The van der Waals surface area contributed by atoms with Crippen LogP contribution in [0.5, 0.6) is 0 Å². The van der Waals surface area contributed by atoms with Crippen molar-refractivity contribution < 1.29 is 8.42 Å². The molecular weight excluding hydrogens is 408 g/mol. The number of aryl methyl sites for hydroxylation is 1. The summed E-state index contributed by atoms with van der Waals surface area (Å²) in [6, 6.07) is 3.83. The van der Waals surface area contributed by atoms with E-state index in [1.165, 1.54) is 0 Å². The third-order valence-corrected chi connectivity index (χ3v) is 5.88. The zero-order valence-electron chi connectivity index (χ0n) is 11.2.